The summed E-state index contributed by atoms with van der Waals surface area (Å²) in [6.07, 6.45) is 7.19. The Bertz CT molecular complexity index is 471. The lowest BCUT2D eigenvalue weighted by atomic mass is 9.92. The molecule has 0 aromatic rings. The largest absolute Gasteiger partial charge is 0.465 e. The van der Waals surface area contributed by atoms with E-state index < -0.39 is 29.3 Å². The summed E-state index contributed by atoms with van der Waals surface area (Å²) in [7, 11) is 0. The number of ether oxygens (including phenoxy) is 4. The van der Waals surface area contributed by atoms with Gasteiger partial charge in [-0.1, -0.05) is 53.4 Å². The van der Waals surface area contributed by atoms with Crippen molar-refractivity contribution >= 4 is 23.9 Å². The number of carbonyl (C=O) groups excluding carboxylic acids is 4. The zero-order valence-corrected chi connectivity index (χ0v) is 21.1. The highest BCUT2D eigenvalue weighted by atomic mass is 16.6. The van der Waals surface area contributed by atoms with Crippen LogP contribution in [0.5, 0.6) is 0 Å². The van der Waals surface area contributed by atoms with Gasteiger partial charge in [0.2, 0.25) is 0 Å². The molecule has 0 rings (SSSR count). The Hall–Kier alpha value is -2.12. The second-order valence-electron chi connectivity index (χ2n) is 8.56. The van der Waals surface area contributed by atoms with E-state index in [0.717, 1.165) is 25.7 Å². The smallest absolute Gasteiger partial charge is 0.305 e. The van der Waals surface area contributed by atoms with Crippen LogP contribution < -0.4 is 0 Å². The first-order valence-electron chi connectivity index (χ1n) is 12.4. The van der Waals surface area contributed by atoms with Gasteiger partial charge in [0.15, 0.2) is 0 Å². The van der Waals surface area contributed by atoms with Crippen molar-refractivity contribution in [3.05, 3.63) is 0 Å². The molecule has 0 N–H and O–H groups in total. The van der Waals surface area contributed by atoms with E-state index in [-0.39, 0.29) is 52.1 Å². The Balaban J connectivity index is 5.42. The fourth-order valence-corrected chi connectivity index (χ4v) is 2.76. The van der Waals surface area contributed by atoms with Crippen molar-refractivity contribution < 1.29 is 38.1 Å². The fourth-order valence-electron chi connectivity index (χ4n) is 2.76. The molecule has 192 valence electrons. The molecule has 33 heavy (non-hydrogen) atoms. The van der Waals surface area contributed by atoms with Gasteiger partial charge >= 0.3 is 23.9 Å². The van der Waals surface area contributed by atoms with E-state index >= 15 is 0 Å². The van der Waals surface area contributed by atoms with Crippen molar-refractivity contribution in [1.29, 1.82) is 0 Å². The lowest BCUT2D eigenvalue weighted by Crippen LogP contribution is -2.44. The second-order valence-corrected chi connectivity index (χ2v) is 8.56. The minimum atomic E-state index is -1.16. The third-order valence-electron chi connectivity index (χ3n) is 5.10. The van der Waals surface area contributed by atoms with E-state index in [1.54, 1.807) is 0 Å². The molecule has 0 amide bonds. The van der Waals surface area contributed by atoms with Gasteiger partial charge in [-0.15, -0.1) is 0 Å². The number of rotatable bonds is 20. The molecule has 0 saturated carbocycles. The average molecular weight is 473 g/mol. The maximum absolute atomic E-state index is 12.1. The van der Waals surface area contributed by atoms with E-state index in [0.29, 0.717) is 25.7 Å². The number of carbonyl (C=O) groups is 4. The Morgan fingerprint density at radius 3 is 0.848 bits per heavy atom. The second kappa shape index (κ2) is 19.4. The quantitative estimate of drug-likeness (QED) is 0.182. The summed E-state index contributed by atoms with van der Waals surface area (Å²) in [5.41, 5.74) is -1.16. The van der Waals surface area contributed by atoms with Crippen LogP contribution in [-0.4, -0.2) is 50.3 Å². The standard InChI is InChI=1S/C25H44O8/c1-5-9-13-21(26)30-17-25(18-31-22(27)14-10-6-2,19-32-23(28)15-11-7-3)20-33-24(29)16-12-8-4/h5-20H2,1-4H3. The molecule has 0 radical (unpaired) electrons. The molecule has 0 aromatic heterocycles. The first kappa shape index (κ1) is 30.9. The molecular formula is C25H44O8. The van der Waals surface area contributed by atoms with Crippen molar-refractivity contribution in [2.45, 2.75) is 105 Å². The predicted molar refractivity (Wildman–Crippen MR) is 124 cm³/mol. The summed E-state index contributed by atoms with van der Waals surface area (Å²) in [5.74, 6) is -1.58. The Labute approximate surface area is 199 Å². The maximum atomic E-state index is 12.1. The molecule has 8 heteroatoms. The van der Waals surface area contributed by atoms with Crippen LogP contribution in [0.2, 0.25) is 0 Å². The highest BCUT2D eigenvalue weighted by Crippen LogP contribution is 2.23. The number of esters is 4. The fraction of sp³-hybridized carbons (Fsp3) is 0.840. The molecule has 0 fully saturated rings. The monoisotopic (exact) mass is 472 g/mol. The van der Waals surface area contributed by atoms with Crippen LogP contribution in [0, 0.1) is 5.41 Å². The van der Waals surface area contributed by atoms with E-state index in [4.69, 9.17) is 18.9 Å². The summed E-state index contributed by atoms with van der Waals surface area (Å²) in [6, 6.07) is 0. The molecule has 0 aromatic carbocycles. The van der Waals surface area contributed by atoms with Crippen LogP contribution in [0.4, 0.5) is 0 Å². The van der Waals surface area contributed by atoms with Crippen LogP contribution in [0.1, 0.15) is 105 Å². The molecule has 0 aliphatic carbocycles. The van der Waals surface area contributed by atoms with Crippen LogP contribution in [0.25, 0.3) is 0 Å². The molecule has 0 spiro atoms. The summed E-state index contributed by atoms with van der Waals surface area (Å²) in [4.78, 5) is 48.6. The van der Waals surface area contributed by atoms with Crippen molar-refractivity contribution in [2.75, 3.05) is 26.4 Å². The van der Waals surface area contributed by atoms with Crippen molar-refractivity contribution in [1.82, 2.24) is 0 Å². The van der Waals surface area contributed by atoms with E-state index in [1.165, 1.54) is 0 Å². The minimum Gasteiger partial charge on any atom is -0.465 e. The normalized spacial score (nSPS) is 11.0. The molecule has 0 aliphatic heterocycles. The third-order valence-corrected chi connectivity index (χ3v) is 5.10. The molecule has 8 nitrogen and oxygen atoms in total. The highest BCUT2D eigenvalue weighted by Gasteiger charge is 2.37. The van der Waals surface area contributed by atoms with Crippen LogP contribution >= 0.6 is 0 Å². The van der Waals surface area contributed by atoms with Gasteiger partial charge in [0, 0.05) is 25.7 Å². The lowest BCUT2D eigenvalue weighted by Gasteiger charge is -2.31. The maximum Gasteiger partial charge on any atom is 0.305 e. The molecule has 0 heterocycles. The van der Waals surface area contributed by atoms with Crippen molar-refractivity contribution in [3.63, 3.8) is 0 Å². The molecule has 0 saturated heterocycles. The van der Waals surface area contributed by atoms with Gasteiger partial charge in [0.1, 0.15) is 31.8 Å². The Kier molecular flexibility index (Phi) is 18.1. The molecule has 0 aliphatic rings. The average Bonchev–Trinajstić information content (AvgIpc) is 2.82. The zero-order valence-electron chi connectivity index (χ0n) is 21.1. The molecule has 0 bridgehead atoms. The summed E-state index contributed by atoms with van der Waals surface area (Å²) < 4.78 is 21.7. The molecular weight excluding hydrogens is 428 g/mol. The van der Waals surface area contributed by atoms with Gasteiger partial charge < -0.3 is 18.9 Å². The Morgan fingerprint density at radius 2 is 0.667 bits per heavy atom. The topological polar surface area (TPSA) is 105 Å². The van der Waals surface area contributed by atoms with Gasteiger partial charge in [-0.05, 0) is 25.7 Å². The first-order valence-corrected chi connectivity index (χ1v) is 12.4. The molecule has 0 unspecified atom stereocenters. The SMILES string of the molecule is CCCCC(=O)OCC(COC(=O)CCCC)(COC(=O)CCCC)COC(=O)CCCC. The zero-order chi connectivity index (χ0) is 25.0. The number of unbranched alkanes of at least 4 members (excludes halogenated alkanes) is 4. The first-order chi connectivity index (χ1) is 15.8. The summed E-state index contributed by atoms with van der Waals surface area (Å²) in [5, 5.41) is 0. The van der Waals surface area contributed by atoms with Gasteiger partial charge in [0.25, 0.3) is 0 Å². The van der Waals surface area contributed by atoms with Crippen LogP contribution in [0.15, 0.2) is 0 Å². The Morgan fingerprint density at radius 1 is 0.455 bits per heavy atom. The highest BCUT2D eigenvalue weighted by molar-refractivity contribution is 5.71. The van der Waals surface area contributed by atoms with Gasteiger partial charge in [-0.3, -0.25) is 19.2 Å². The predicted octanol–water partition coefficient (Wildman–Crippen LogP) is 4.91. The minimum absolute atomic E-state index is 0.182. The lowest BCUT2D eigenvalue weighted by molar-refractivity contribution is -0.170. The van der Waals surface area contributed by atoms with Crippen molar-refractivity contribution in [3.8, 4) is 0 Å². The number of hydrogen-bond donors (Lipinski definition) is 0. The van der Waals surface area contributed by atoms with E-state index in [1.807, 2.05) is 27.7 Å². The van der Waals surface area contributed by atoms with Gasteiger partial charge in [0.05, 0.1) is 0 Å². The van der Waals surface area contributed by atoms with Gasteiger partial charge in [-0.25, -0.2) is 0 Å². The van der Waals surface area contributed by atoms with E-state index in [2.05, 4.69) is 0 Å². The number of hydrogen-bond acceptors (Lipinski definition) is 8. The third kappa shape index (κ3) is 16.2. The molecule has 0 atom stereocenters. The summed E-state index contributed by atoms with van der Waals surface area (Å²) in [6.45, 7) is 7.16. The van der Waals surface area contributed by atoms with Crippen LogP contribution in [-0.2, 0) is 38.1 Å². The van der Waals surface area contributed by atoms with E-state index in [9.17, 15) is 19.2 Å². The van der Waals surface area contributed by atoms with Gasteiger partial charge in [-0.2, -0.15) is 0 Å². The van der Waals surface area contributed by atoms with Crippen molar-refractivity contribution in [2.24, 2.45) is 5.41 Å². The summed E-state index contributed by atoms with van der Waals surface area (Å²) >= 11 is 0. The van der Waals surface area contributed by atoms with Crippen LogP contribution in [0.3, 0.4) is 0 Å².